The molecule has 160 valence electrons. The van der Waals surface area contributed by atoms with Crippen molar-refractivity contribution in [3.63, 3.8) is 0 Å². The van der Waals surface area contributed by atoms with Crippen molar-refractivity contribution in [2.24, 2.45) is 0 Å². The quantitative estimate of drug-likeness (QED) is 0.195. The van der Waals surface area contributed by atoms with Crippen molar-refractivity contribution in [1.82, 2.24) is 0 Å². The van der Waals surface area contributed by atoms with Gasteiger partial charge in [0.15, 0.2) is 0 Å². The molecule has 4 heteroatoms. The largest absolute Gasteiger partial charge is 0.460 e. The molecule has 0 amide bonds. The average molecular weight is 401 g/mol. The summed E-state index contributed by atoms with van der Waals surface area (Å²) in [6.45, 7) is 2.28. The van der Waals surface area contributed by atoms with Crippen LogP contribution in [0.5, 0.6) is 0 Å². The van der Waals surface area contributed by atoms with Gasteiger partial charge in [-0.15, -0.1) is 11.8 Å². The van der Waals surface area contributed by atoms with Crippen molar-refractivity contribution in [3.05, 3.63) is 0 Å². The third-order valence-electron chi connectivity index (χ3n) is 5.74. The van der Waals surface area contributed by atoms with E-state index in [0.29, 0.717) is 6.42 Å². The van der Waals surface area contributed by atoms with Gasteiger partial charge in [0.2, 0.25) is 0 Å². The predicted molar refractivity (Wildman–Crippen MR) is 117 cm³/mol. The normalized spacial score (nSPS) is 20.3. The van der Waals surface area contributed by atoms with Gasteiger partial charge in [0.25, 0.3) is 0 Å². The van der Waals surface area contributed by atoms with Gasteiger partial charge in [0.1, 0.15) is 11.4 Å². The standard InChI is InChI=1S/C23H44O3S/c1-3-4-5-6-7-8-9-10-11-12-13-14-15-16-17-18-20(24)19-21-22(27-2)23(25)26-21/h20-22,24H,3-19H2,1-2H3/t20-,21+,22+/m1/s1. The summed E-state index contributed by atoms with van der Waals surface area (Å²) in [5.41, 5.74) is 0. The first-order valence-corrected chi connectivity index (χ1v) is 12.9. The minimum Gasteiger partial charge on any atom is -0.460 e. The zero-order valence-electron chi connectivity index (χ0n) is 17.9. The van der Waals surface area contributed by atoms with Crippen molar-refractivity contribution in [3.8, 4) is 0 Å². The molecule has 0 aromatic heterocycles. The fraction of sp³-hybridized carbons (Fsp3) is 0.957. The van der Waals surface area contributed by atoms with E-state index in [1.54, 1.807) is 0 Å². The summed E-state index contributed by atoms with van der Waals surface area (Å²) in [6, 6.07) is 0. The lowest BCUT2D eigenvalue weighted by atomic mass is 9.99. The highest BCUT2D eigenvalue weighted by Gasteiger charge is 2.42. The highest BCUT2D eigenvalue weighted by atomic mass is 32.2. The summed E-state index contributed by atoms with van der Waals surface area (Å²) >= 11 is 1.53. The minimum absolute atomic E-state index is 0.0549. The van der Waals surface area contributed by atoms with E-state index in [4.69, 9.17) is 4.74 Å². The Morgan fingerprint density at radius 1 is 0.852 bits per heavy atom. The number of esters is 1. The first-order chi connectivity index (χ1) is 13.2. The van der Waals surface area contributed by atoms with Crippen LogP contribution in [-0.2, 0) is 9.53 Å². The van der Waals surface area contributed by atoms with Crippen LogP contribution in [-0.4, -0.2) is 34.8 Å². The van der Waals surface area contributed by atoms with E-state index in [9.17, 15) is 9.90 Å². The molecular weight excluding hydrogens is 356 g/mol. The molecule has 0 aromatic carbocycles. The maximum atomic E-state index is 11.2. The highest BCUT2D eigenvalue weighted by molar-refractivity contribution is 8.00. The van der Waals surface area contributed by atoms with E-state index in [2.05, 4.69) is 6.92 Å². The van der Waals surface area contributed by atoms with Gasteiger partial charge >= 0.3 is 5.97 Å². The number of rotatable bonds is 19. The van der Waals surface area contributed by atoms with Gasteiger partial charge in [-0.25, -0.2) is 0 Å². The number of hydrogen-bond donors (Lipinski definition) is 1. The Kier molecular flexibility index (Phi) is 15.4. The maximum Gasteiger partial charge on any atom is 0.323 e. The first-order valence-electron chi connectivity index (χ1n) is 11.6. The smallest absolute Gasteiger partial charge is 0.323 e. The molecule has 0 saturated carbocycles. The average Bonchev–Trinajstić information content (AvgIpc) is 2.64. The lowest BCUT2D eigenvalue weighted by Gasteiger charge is -2.35. The zero-order chi connectivity index (χ0) is 19.7. The molecule has 1 rings (SSSR count). The van der Waals surface area contributed by atoms with E-state index in [0.717, 1.165) is 12.8 Å². The molecule has 0 bridgehead atoms. The van der Waals surface area contributed by atoms with E-state index >= 15 is 0 Å². The van der Waals surface area contributed by atoms with E-state index in [1.165, 1.54) is 102 Å². The molecule has 0 unspecified atom stereocenters. The molecule has 1 fully saturated rings. The predicted octanol–water partition coefficient (Wildman–Crippen LogP) is 6.66. The highest BCUT2D eigenvalue weighted by Crippen LogP contribution is 2.29. The van der Waals surface area contributed by atoms with Crippen LogP contribution in [0.25, 0.3) is 0 Å². The zero-order valence-corrected chi connectivity index (χ0v) is 18.7. The van der Waals surface area contributed by atoms with Crippen LogP contribution in [0.1, 0.15) is 116 Å². The topological polar surface area (TPSA) is 46.5 Å². The Bertz CT molecular complexity index is 362. The molecule has 0 aromatic rings. The third kappa shape index (κ3) is 12.1. The van der Waals surface area contributed by atoms with Gasteiger partial charge < -0.3 is 9.84 Å². The number of ether oxygens (including phenoxy) is 1. The molecule has 1 N–H and O–H groups in total. The SMILES string of the molecule is CCCCCCCCCCCCCCCCC[C@@H](O)C[C@@H]1OC(=O)[C@H]1SC. The van der Waals surface area contributed by atoms with Crippen molar-refractivity contribution in [1.29, 1.82) is 0 Å². The molecule has 1 aliphatic rings. The van der Waals surface area contributed by atoms with Crippen molar-refractivity contribution in [2.75, 3.05) is 6.26 Å². The second kappa shape index (κ2) is 16.7. The van der Waals surface area contributed by atoms with Gasteiger partial charge in [0.05, 0.1) is 6.10 Å². The lowest BCUT2D eigenvalue weighted by Crippen LogP contribution is -2.49. The van der Waals surface area contributed by atoms with Crippen LogP contribution in [0.15, 0.2) is 0 Å². The lowest BCUT2D eigenvalue weighted by molar-refractivity contribution is -0.169. The summed E-state index contributed by atoms with van der Waals surface area (Å²) in [5.74, 6) is -0.119. The molecule has 0 spiro atoms. The number of carbonyl (C=O) groups excluding carboxylic acids is 1. The van der Waals surface area contributed by atoms with Gasteiger partial charge in [0, 0.05) is 6.42 Å². The van der Waals surface area contributed by atoms with Crippen molar-refractivity contribution in [2.45, 2.75) is 134 Å². The molecule has 1 heterocycles. The minimum atomic E-state index is -0.320. The van der Waals surface area contributed by atoms with Crippen LogP contribution < -0.4 is 0 Å². The van der Waals surface area contributed by atoms with Crippen LogP contribution in [0.4, 0.5) is 0 Å². The number of aliphatic hydroxyl groups excluding tert-OH is 1. The summed E-state index contributed by atoms with van der Waals surface area (Å²) in [5, 5.41) is 10.0. The Labute approximate surface area is 172 Å². The Morgan fingerprint density at radius 3 is 1.70 bits per heavy atom. The number of hydrogen-bond acceptors (Lipinski definition) is 4. The molecule has 0 aliphatic carbocycles. The van der Waals surface area contributed by atoms with Gasteiger partial charge in [-0.3, -0.25) is 4.79 Å². The van der Waals surface area contributed by atoms with Crippen LogP contribution in [0.3, 0.4) is 0 Å². The number of carbonyl (C=O) groups is 1. The summed E-state index contributed by atoms with van der Waals surface area (Å²) in [7, 11) is 0. The first kappa shape index (κ1) is 24.8. The molecule has 1 saturated heterocycles. The molecule has 1 aliphatic heterocycles. The number of aliphatic hydroxyl groups is 1. The number of thioether (sulfide) groups is 1. The summed E-state index contributed by atoms with van der Waals surface area (Å²) < 4.78 is 5.12. The Morgan fingerprint density at radius 2 is 1.30 bits per heavy atom. The van der Waals surface area contributed by atoms with Crippen molar-refractivity contribution < 1.29 is 14.6 Å². The Balaban J connectivity index is 1.77. The fourth-order valence-electron chi connectivity index (χ4n) is 3.91. The maximum absolute atomic E-state index is 11.2. The molecular formula is C23H44O3S. The number of unbranched alkanes of at least 4 members (excludes halogenated alkanes) is 14. The Hall–Kier alpha value is -0.220. The summed E-state index contributed by atoms with van der Waals surface area (Å²) in [4.78, 5) is 11.2. The molecule has 0 radical (unpaired) electrons. The van der Waals surface area contributed by atoms with Crippen LogP contribution in [0, 0.1) is 0 Å². The monoisotopic (exact) mass is 400 g/mol. The molecule has 27 heavy (non-hydrogen) atoms. The van der Waals surface area contributed by atoms with E-state index < -0.39 is 0 Å². The van der Waals surface area contributed by atoms with Gasteiger partial charge in [-0.05, 0) is 12.7 Å². The fourth-order valence-corrected chi connectivity index (χ4v) is 4.63. The van der Waals surface area contributed by atoms with Crippen LogP contribution in [0.2, 0.25) is 0 Å². The molecule has 3 atom stereocenters. The van der Waals surface area contributed by atoms with E-state index in [1.807, 2.05) is 6.26 Å². The summed E-state index contributed by atoms with van der Waals surface area (Å²) in [6.07, 6.45) is 23.4. The second-order valence-corrected chi connectivity index (χ2v) is 9.24. The van der Waals surface area contributed by atoms with Gasteiger partial charge in [-0.2, -0.15) is 0 Å². The van der Waals surface area contributed by atoms with Crippen LogP contribution >= 0.6 is 11.8 Å². The van der Waals surface area contributed by atoms with Gasteiger partial charge in [-0.1, -0.05) is 103 Å². The van der Waals surface area contributed by atoms with E-state index in [-0.39, 0.29) is 23.4 Å². The molecule has 3 nitrogen and oxygen atoms in total. The number of cyclic esters (lactones) is 1. The third-order valence-corrected chi connectivity index (χ3v) is 6.74. The van der Waals surface area contributed by atoms with Crippen molar-refractivity contribution >= 4 is 17.7 Å². The second-order valence-electron chi connectivity index (χ2n) is 8.26.